The number of hydrogen-bond donors (Lipinski definition) is 0. The molecular formula is C8H17N. The van der Waals surface area contributed by atoms with Gasteiger partial charge >= 0.3 is 0 Å². The second-order valence-electron chi connectivity index (χ2n) is 2.25. The molecule has 0 aliphatic heterocycles. The molecule has 0 amide bonds. The van der Waals surface area contributed by atoms with E-state index in [0.29, 0.717) is 0 Å². The van der Waals surface area contributed by atoms with Crippen molar-refractivity contribution in [2.24, 2.45) is 0 Å². The Kier molecular flexibility index (Phi) is 5.64. The molecule has 0 spiro atoms. The summed E-state index contributed by atoms with van der Waals surface area (Å²) in [6.07, 6.45) is 5.48. The summed E-state index contributed by atoms with van der Waals surface area (Å²) in [5, 5.41) is 0. The summed E-state index contributed by atoms with van der Waals surface area (Å²) in [4.78, 5) is 2.31. The van der Waals surface area contributed by atoms with E-state index in [-0.39, 0.29) is 0 Å². The molecule has 0 aromatic heterocycles. The van der Waals surface area contributed by atoms with Gasteiger partial charge in [0, 0.05) is 6.54 Å². The molecule has 0 N–H and O–H groups in total. The highest BCUT2D eigenvalue weighted by molar-refractivity contribution is 4.77. The largest absolute Gasteiger partial charge is 0.306 e. The molecular weight excluding hydrogens is 110 g/mol. The number of rotatable bonds is 4. The van der Waals surface area contributed by atoms with Crippen LogP contribution in [0.4, 0.5) is 0 Å². The lowest BCUT2D eigenvalue weighted by Crippen LogP contribution is -2.17. The van der Waals surface area contributed by atoms with Crippen molar-refractivity contribution in [2.75, 3.05) is 20.1 Å². The van der Waals surface area contributed by atoms with Crippen molar-refractivity contribution < 1.29 is 0 Å². The van der Waals surface area contributed by atoms with Crippen molar-refractivity contribution >= 4 is 0 Å². The van der Waals surface area contributed by atoms with Crippen molar-refractivity contribution in [2.45, 2.75) is 20.3 Å². The van der Waals surface area contributed by atoms with Gasteiger partial charge in [0.1, 0.15) is 0 Å². The zero-order valence-electron chi connectivity index (χ0n) is 6.72. The van der Waals surface area contributed by atoms with E-state index in [4.69, 9.17) is 0 Å². The topological polar surface area (TPSA) is 3.24 Å². The molecule has 0 heterocycles. The van der Waals surface area contributed by atoms with Crippen molar-refractivity contribution in [3.8, 4) is 0 Å². The molecule has 0 aliphatic rings. The Morgan fingerprint density at radius 2 is 2.11 bits per heavy atom. The first-order valence-electron chi connectivity index (χ1n) is 3.61. The molecule has 0 bridgehead atoms. The van der Waals surface area contributed by atoms with E-state index >= 15 is 0 Å². The van der Waals surface area contributed by atoms with E-state index < -0.39 is 0 Å². The van der Waals surface area contributed by atoms with Crippen LogP contribution in [0.25, 0.3) is 0 Å². The first-order valence-corrected chi connectivity index (χ1v) is 3.61. The van der Waals surface area contributed by atoms with Crippen LogP contribution >= 0.6 is 0 Å². The minimum atomic E-state index is 1.15. The summed E-state index contributed by atoms with van der Waals surface area (Å²) >= 11 is 0. The van der Waals surface area contributed by atoms with Gasteiger partial charge in [0.2, 0.25) is 0 Å². The third-order valence-corrected chi connectivity index (χ3v) is 1.45. The highest BCUT2D eigenvalue weighted by Gasteiger charge is 1.88. The third-order valence-electron chi connectivity index (χ3n) is 1.45. The molecule has 0 aromatic carbocycles. The van der Waals surface area contributed by atoms with E-state index in [0.717, 1.165) is 6.54 Å². The quantitative estimate of drug-likeness (QED) is 0.521. The lowest BCUT2D eigenvalue weighted by Gasteiger charge is -2.10. The molecule has 0 saturated heterocycles. The van der Waals surface area contributed by atoms with E-state index in [1.807, 2.05) is 0 Å². The maximum Gasteiger partial charge on any atom is 0.00127 e. The van der Waals surface area contributed by atoms with Gasteiger partial charge in [0.05, 0.1) is 0 Å². The Hall–Kier alpha value is -0.300. The Balaban J connectivity index is 3.06. The molecule has 0 aliphatic carbocycles. The first-order chi connectivity index (χ1) is 4.31. The average molecular weight is 127 g/mol. The second kappa shape index (κ2) is 5.83. The SMILES string of the molecule is C/C=C\CCN(C)CC. The van der Waals surface area contributed by atoms with Crippen LogP contribution in [-0.2, 0) is 0 Å². The highest BCUT2D eigenvalue weighted by Crippen LogP contribution is 1.87. The van der Waals surface area contributed by atoms with Gasteiger partial charge in [0.25, 0.3) is 0 Å². The van der Waals surface area contributed by atoms with Crippen LogP contribution in [0.1, 0.15) is 20.3 Å². The molecule has 1 nitrogen and oxygen atoms in total. The zero-order valence-corrected chi connectivity index (χ0v) is 6.72. The fourth-order valence-electron chi connectivity index (χ4n) is 0.620. The normalized spacial score (nSPS) is 11.6. The van der Waals surface area contributed by atoms with Crippen LogP contribution in [0.2, 0.25) is 0 Å². The Morgan fingerprint density at radius 1 is 1.44 bits per heavy atom. The van der Waals surface area contributed by atoms with Gasteiger partial charge in [-0.15, -0.1) is 0 Å². The van der Waals surface area contributed by atoms with E-state index in [2.05, 4.69) is 37.9 Å². The highest BCUT2D eigenvalue weighted by atomic mass is 15.1. The molecule has 0 saturated carbocycles. The van der Waals surface area contributed by atoms with E-state index in [9.17, 15) is 0 Å². The smallest absolute Gasteiger partial charge is 0.00127 e. The summed E-state index contributed by atoms with van der Waals surface area (Å²) in [5.41, 5.74) is 0. The van der Waals surface area contributed by atoms with Crippen LogP contribution in [0.3, 0.4) is 0 Å². The summed E-state index contributed by atoms with van der Waals surface area (Å²) in [6, 6.07) is 0. The average Bonchev–Trinajstić information content (AvgIpc) is 1.89. The summed E-state index contributed by atoms with van der Waals surface area (Å²) in [7, 11) is 2.14. The molecule has 0 atom stereocenters. The van der Waals surface area contributed by atoms with Gasteiger partial charge in [-0.05, 0) is 26.9 Å². The standard InChI is InChI=1S/C8H17N/c1-4-6-7-8-9(3)5-2/h4,6H,5,7-8H2,1-3H3/b6-4-. The van der Waals surface area contributed by atoms with E-state index in [1.54, 1.807) is 0 Å². The molecule has 0 unspecified atom stereocenters. The maximum atomic E-state index is 2.31. The van der Waals surface area contributed by atoms with Crippen LogP contribution in [-0.4, -0.2) is 25.0 Å². The maximum absolute atomic E-state index is 2.31. The summed E-state index contributed by atoms with van der Waals surface area (Å²) < 4.78 is 0. The first kappa shape index (κ1) is 8.70. The minimum Gasteiger partial charge on any atom is -0.306 e. The third kappa shape index (κ3) is 5.57. The van der Waals surface area contributed by atoms with Gasteiger partial charge < -0.3 is 4.90 Å². The number of hydrogen-bond acceptors (Lipinski definition) is 1. The van der Waals surface area contributed by atoms with Crippen LogP contribution in [0.15, 0.2) is 12.2 Å². The predicted molar refractivity (Wildman–Crippen MR) is 42.6 cm³/mol. The van der Waals surface area contributed by atoms with Crippen molar-refractivity contribution in [1.29, 1.82) is 0 Å². The van der Waals surface area contributed by atoms with Crippen molar-refractivity contribution in [3.63, 3.8) is 0 Å². The fraction of sp³-hybridized carbons (Fsp3) is 0.750. The van der Waals surface area contributed by atoms with Crippen LogP contribution < -0.4 is 0 Å². The van der Waals surface area contributed by atoms with Gasteiger partial charge in [0.15, 0.2) is 0 Å². The molecule has 9 heavy (non-hydrogen) atoms. The van der Waals surface area contributed by atoms with Crippen molar-refractivity contribution in [1.82, 2.24) is 4.90 Å². The van der Waals surface area contributed by atoms with Crippen LogP contribution in [0, 0.1) is 0 Å². The van der Waals surface area contributed by atoms with Gasteiger partial charge in [-0.3, -0.25) is 0 Å². The Bertz CT molecular complexity index is 76.6. The zero-order chi connectivity index (χ0) is 7.11. The molecule has 0 radical (unpaired) electrons. The Labute approximate surface area is 58.4 Å². The molecule has 0 fully saturated rings. The molecule has 0 rings (SSSR count). The molecule has 1 heteroatoms. The van der Waals surface area contributed by atoms with Gasteiger partial charge in [-0.1, -0.05) is 19.1 Å². The Morgan fingerprint density at radius 3 is 2.56 bits per heavy atom. The number of nitrogens with zero attached hydrogens (tertiary/aromatic N) is 1. The number of allylic oxidation sites excluding steroid dienone is 1. The molecule has 54 valence electrons. The van der Waals surface area contributed by atoms with Crippen LogP contribution in [0.5, 0.6) is 0 Å². The predicted octanol–water partition coefficient (Wildman–Crippen LogP) is 1.90. The summed E-state index contributed by atoms with van der Waals surface area (Å²) in [5.74, 6) is 0. The summed E-state index contributed by atoms with van der Waals surface area (Å²) in [6.45, 7) is 6.57. The van der Waals surface area contributed by atoms with Gasteiger partial charge in [-0.2, -0.15) is 0 Å². The second-order valence-corrected chi connectivity index (χ2v) is 2.25. The lowest BCUT2D eigenvalue weighted by atomic mass is 10.3. The van der Waals surface area contributed by atoms with Crippen molar-refractivity contribution in [3.05, 3.63) is 12.2 Å². The monoisotopic (exact) mass is 127 g/mol. The van der Waals surface area contributed by atoms with Gasteiger partial charge in [-0.25, -0.2) is 0 Å². The lowest BCUT2D eigenvalue weighted by molar-refractivity contribution is 0.360. The fourth-order valence-corrected chi connectivity index (χ4v) is 0.620. The molecule has 0 aromatic rings. The minimum absolute atomic E-state index is 1.15. The van der Waals surface area contributed by atoms with E-state index in [1.165, 1.54) is 13.0 Å².